The first-order valence-corrected chi connectivity index (χ1v) is 8.11. The van der Waals surface area contributed by atoms with Gasteiger partial charge in [0.1, 0.15) is 5.30 Å². The first-order chi connectivity index (χ1) is 9.60. The fourth-order valence-corrected chi connectivity index (χ4v) is 3.67. The van der Waals surface area contributed by atoms with Crippen molar-refractivity contribution in [1.29, 1.82) is 0 Å². The predicted octanol–water partition coefficient (Wildman–Crippen LogP) is 3.89. The third kappa shape index (κ3) is 3.13. The average molecular weight is 316 g/mol. The predicted molar refractivity (Wildman–Crippen MR) is 77.4 cm³/mol. The number of aromatic nitrogens is 1. The number of halogens is 1. The molecule has 7 heteroatoms. The maximum absolute atomic E-state index is 12.8. The van der Waals surface area contributed by atoms with Crippen LogP contribution in [-0.4, -0.2) is 18.2 Å². The minimum Gasteiger partial charge on any atom is -0.463 e. The molecule has 0 aromatic carbocycles. The van der Waals surface area contributed by atoms with Gasteiger partial charge in [0, 0.05) is 18.0 Å². The van der Waals surface area contributed by atoms with Gasteiger partial charge in [0.05, 0.1) is 24.5 Å². The molecule has 2 rings (SSSR count). The molecular formula is C13H15ClNO4P. The fraction of sp³-hybridized carbons (Fsp3) is 0.308. The number of hydrogen-bond donors (Lipinski definition) is 0. The van der Waals surface area contributed by atoms with Gasteiger partial charge < -0.3 is 13.5 Å². The molecule has 0 spiro atoms. The maximum Gasteiger partial charge on any atom is 0.365 e. The summed E-state index contributed by atoms with van der Waals surface area (Å²) in [6.07, 6.45) is 4.53. The molecule has 0 saturated heterocycles. The van der Waals surface area contributed by atoms with Crippen molar-refractivity contribution in [3.63, 3.8) is 0 Å². The van der Waals surface area contributed by atoms with Crippen LogP contribution >= 0.6 is 19.2 Å². The summed E-state index contributed by atoms with van der Waals surface area (Å²) in [5.74, 6) is 0.394. The van der Waals surface area contributed by atoms with Gasteiger partial charge in [0.25, 0.3) is 0 Å². The van der Waals surface area contributed by atoms with Gasteiger partial charge in [-0.15, -0.1) is 0 Å². The lowest BCUT2D eigenvalue weighted by Gasteiger charge is -2.16. The summed E-state index contributed by atoms with van der Waals surface area (Å²) in [4.78, 5) is 3.99. The summed E-state index contributed by atoms with van der Waals surface area (Å²) < 4.78 is 28.9. The second kappa shape index (κ2) is 6.55. The zero-order valence-electron chi connectivity index (χ0n) is 11.2. The molecule has 0 radical (unpaired) electrons. The van der Waals surface area contributed by atoms with Crippen LogP contribution < -0.4 is 5.30 Å². The summed E-state index contributed by atoms with van der Waals surface area (Å²) in [5.41, 5.74) is 0.622. The van der Waals surface area contributed by atoms with Gasteiger partial charge in [-0.05, 0) is 26.0 Å². The molecule has 0 fully saturated rings. The van der Waals surface area contributed by atoms with E-state index in [1.807, 2.05) is 0 Å². The molecule has 2 heterocycles. The first-order valence-electron chi connectivity index (χ1n) is 6.18. The van der Waals surface area contributed by atoms with Gasteiger partial charge in [0.15, 0.2) is 5.76 Å². The Morgan fingerprint density at radius 3 is 2.60 bits per heavy atom. The van der Waals surface area contributed by atoms with Gasteiger partial charge in [-0.2, -0.15) is 0 Å². The molecule has 0 N–H and O–H groups in total. The SMILES string of the molecule is CCOP(=O)(OCC)c1ccoc1-c1cncc(Cl)c1. The van der Waals surface area contributed by atoms with Crippen molar-refractivity contribution >= 4 is 24.5 Å². The standard InChI is InChI=1S/C13H15ClNO4P/c1-3-18-20(16,19-4-2)12-5-6-17-13(12)10-7-11(14)9-15-8-10/h5-9H,3-4H2,1-2H3. The Kier molecular flexibility index (Phi) is 5.00. The third-order valence-corrected chi connectivity index (χ3v) is 4.85. The molecule has 108 valence electrons. The molecule has 0 unspecified atom stereocenters. The number of pyridine rings is 1. The summed E-state index contributed by atoms with van der Waals surface area (Å²) in [5, 5.41) is 0.845. The van der Waals surface area contributed by atoms with E-state index in [2.05, 4.69) is 4.98 Å². The van der Waals surface area contributed by atoms with Crippen LogP contribution in [0, 0.1) is 0 Å². The van der Waals surface area contributed by atoms with Crippen molar-refractivity contribution in [1.82, 2.24) is 4.98 Å². The molecule has 20 heavy (non-hydrogen) atoms. The Morgan fingerprint density at radius 1 is 1.30 bits per heavy atom. The Morgan fingerprint density at radius 2 is 2.00 bits per heavy atom. The molecule has 2 aromatic heterocycles. The van der Waals surface area contributed by atoms with Crippen molar-refractivity contribution in [2.24, 2.45) is 0 Å². The molecule has 0 amide bonds. The van der Waals surface area contributed by atoms with Crippen LogP contribution in [0.3, 0.4) is 0 Å². The number of hydrogen-bond acceptors (Lipinski definition) is 5. The zero-order valence-corrected chi connectivity index (χ0v) is 12.9. The average Bonchev–Trinajstić information content (AvgIpc) is 2.89. The van der Waals surface area contributed by atoms with Gasteiger partial charge in [0.2, 0.25) is 0 Å². The molecule has 5 nitrogen and oxygen atoms in total. The number of rotatable bonds is 6. The van der Waals surface area contributed by atoms with Gasteiger partial charge in [-0.3, -0.25) is 9.55 Å². The quantitative estimate of drug-likeness (QED) is 0.757. The van der Waals surface area contributed by atoms with Crippen molar-refractivity contribution in [2.75, 3.05) is 13.2 Å². The van der Waals surface area contributed by atoms with E-state index in [9.17, 15) is 4.57 Å². The van der Waals surface area contributed by atoms with Crippen LogP contribution in [0.25, 0.3) is 11.3 Å². The van der Waals surface area contributed by atoms with Gasteiger partial charge in [-0.25, -0.2) is 0 Å². The Balaban J connectivity index is 2.49. The lowest BCUT2D eigenvalue weighted by Crippen LogP contribution is -2.11. The van der Waals surface area contributed by atoms with Crippen LogP contribution in [0.5, 0.6) is 0 Å². The minimum absolute atomic E-state index is 0.274. The first kappa shape index (κ1) is 15.3. The van der Waals surface area contributed by atoms with E-state index in [1.54, 1.807) is 32.2 Å². The van der Waals surface area contributed by atoms with E-state index in [4.69, 9.17) is 25.1 Å². The van der Waals surface area contributed by atoms with Crippen LogP contribution in [0.15, 0.2) is 35.2 Å². The minimum atomic E-state index is -3.41. The molecular weight excluding hydrogens is 301 g/mol. The van der Waals surface area contributed by atoms with Gasteiger partial charge >= 0.3 is 7.60 Å². The molecule has 0 bridgehead atoms. The highest BCUT2D eigenvalue weighted by molar-refractivity contribution is 7.62. The molecule has 0 saturated carbocycles. The lowest BCUT2D eigenvalue weighted by molar-refractivity contribution is 0.230. The van der Waals surface area contributed by atoms with E-state index in [-0.39, 0.29) is 13.2 Å². The van der Waals surface area contributed by atoms with Crippen LogP contribution in [0.4, 0.5) is 0 Å². The van der Waals surface area contributed by atoms with Crippen molar-refractivity contribution in [3.8, 4) is 11.3 Å². The fourth-order valence-electron chi connectivity index (χ4n) is 1.79. The topological polar surface area (TPSA) is 61.6 Å². The Labute approximate surface area is 122 Å². The number of furan rings is 1. The smallest absolute Gasteiger partial charge is 0.365 e. The maximum atomic E-state index is 12.8. The summed E-state index contributed by atoms with van der Waals surface area (Å²) in [6, 6.07) is 3.27. The normalized spacial score (nSPS) is 11.8. The van der Waals surface area contributed by atoms with E-state index in [0.717, 1.165) is 0 Å². The second-order valence-corrected chi connectivity index (χ2v) is 6.29. The summed E-state index contributed by atoms with van der Waals surface area (Å²) in [6.45, 7) is 4.06. The molecule has 0 aliphatic carbocycles. The highest BCUT2D eigenvalue weighted by Crippen LogP contribution is 2.49. The third-order valence-electron chi connectivity index (χ3n) is 2.50. The summed E-state index contributed by atoms with van der Waals surface area (Å²) >= 11 is 5.91. The van der Waals surface area contributed by atoms with Gasteiger partial charge in [-0.1, -0.05) is 11.6 Å². The molecule has 0 aliphatic heterocycles. The van der Waals surface area contributed by atoms with E-state index in [1.165, 1.54) is 12.5 Å². The molecule has 0 aliphatic rings. The highest BCUT2D eigenvalue weighted by Gasteiger charge is 2.32. The monoisotopic (exact) mass is 315 g/mol. The van der Waals surface area contributed by atoms with Crippen molar-refractivity contribution < 1.29 is 18.0 Å². The van der Waals surface area contributed by atoms with E-state index in [0.29, 0.717) is 21.7 Å². The number of nitrogens with zero attached hydrogens (tertiary/aromatic N) is 1. The van der Waals surface area contributed by atoms with Crippen LogP contribution in [-0.2, 0) is 13.6 Å². The van der Waals surface area contributed by atoms with Crippen molar-refractivity contribution in [2.45, 2.75) is 13.8 Å². The Hall–Kier alpha value is -1.13. The Bertz CT molecular complexity index is 618. The molecule has 2 aromatic rings. The van der Waals surface area contributed by atoms with E-state index < -0.39 is 7.60 Å². The van der Waals surface area contributed by atoms with Crippen LogP contribution in [0.1, 0.15) is 13.8 Å². The summed E-state index contributed by atoms with van der Waals surface area (Å²) in [7, 11) is -3.41. The van der Waals surface area contributed by atoms with Crippen molar-refractivity contribution in [3.05, 3.63) is 35.8 Å². The largest absolute Gasteiger partial charge is 0.463 e. The molecule has 0 atom stereocenters. The second-order valence-electron chi connectivity index (χ2n) is 3.86. The highest BCUT2D eigenvalue weighted by atomic mass is 35.5. The zero-order chi connectivity index (χ0) is 14.6. The van der Waals surface area contributed by atoms with Crippen LogP contribution in [0.2, 0.25) is 5.02 Å². The van der Waals surface area contributed by atoms with E-state index >= 15 is 0 Å². The lowest BCUT2D eigenvalue weighted by atomic mass is 10.2.